The highest BCUT2D eigenvalue weighted by atomic mass is 16.5. The highest BCUT2D eigenvalue weighted by Crippen LogP contribution is 2.20. The van der Waals surface area contributed by atoms with Crippen molar-refractivity contribution in [1.29, 1.82) is 0 Å². The Morgan fingerprint density at radius 3 is 2.89 bits per heavy atom. The number of rotatable bonds is 4. The van der Waals surface area contributed by atoms with Crippen LogP contribution >= 0.6 is 0 Å². The molecule has 0 N–H and O–H groups in total. The van der Waals surface area contributed by atoms with Gasteiger partial charge in [-0.3, -0.25) is 4.90 Å². The summed E-state index contributed by atoms with van der Waals surface area (Å²) >= 11 is 0. The van der Waals surface area contributed by atoms with Crippen molar-refractivity contribution in [3.8, 4) is 5.88 Å². The van der Waals surface area contributed by atoms with E-state index >= 15 is 0 Å². The molecule has 2 aromatic rings. The molecule has 19 heavy (non-hydrogen) atoms. The number of ether oxygens (including phenoxy) is 2. The fraction of sp³-hybridized carbons (Fsp3) is 0.429. The first kappa shape index (κ1) is 12.3. The van der Waals surface area contributed by atoms with Gasteiger partial charge in [-0.05, 0) is 12.1 Å². The van der Waals surface area contributed by atoms with E-state index in [1.807, 2.05) is 24.3 Å². The largest absolute Gasteiger partial charge is 0.476 e. The van der Waals surface area contributed by atoms with Gasteiger partial charge in [0.25, 0.3) is 0 Å². The predicted molar refractivity (Wildman–Crippen MR) is 72.3 cm³/mol. The summed E-state index contributed by atoms with van der Waals surface area (Å²) < 4.78 is 11.1. The molecule has 0 saturated carbocycles. The first-order valence-electron chi connectivity index (χ1n) is 6.56. The van der Waals surface area contributed by atoms with Gasteiger partial charge in [-0.15, -0.1) is 0 Å². The van der Waals surface area contributed by atoms with Gasteiger partial charge in [0.15, 0.2) is 0 Å². The van der Waals surface area contributed by atoms with Crippen molar-refractivity contribution in [1.82, 2.24) is 14.9 Å². The molecular weight excluding hydrogens is 242 g/mol. The van der Waals surface area contributed by atoms with E-state index in [4.69, 9.17) is 9.47 Å². The van der Waals surface area contributed by atoms with E-state index in [0.29, 0.717) is 12.5 Å². The minimum absolute atomic E-state index is 0.640. The van der Waals surface area contributed by atoms with Crippen LogP contribution in [-0.4, -0.2) is 54.3 Å². The van der Waals surface area contributed by atoms with Crippen LogP contribution in [0.5, 0.6) is 5.88 Å². The van der Waals surface area contributed by atoms with Crippen molar-refractivity contribution in [2.45, 2.75) is 0 Å². The van der Waals surface area contributed by atoms with Crippen LogP contribution in [0.4, 0.5) is 0 Å². The van der Waals surface area contributed by atoms with Crippen LogP contribution in [0.1, 0.15) is 0 Å². The summed E-state index contributed by atoms with van der Waals surface area (Å²) in [5.41, 5.74) is 0.916. The topological polar surface area (TPSA) is 47.5 Å². The average Bonchev–Trinajstić information content (AvgIpc) is 2.49. The molecule has 100 valence electrons. The monoisotopic (exact) mass is 259 g/mol. The van der Waals surface area contributed by atoms with E-state index in [0.717, 1.165) is 43.8 Å². The van der Waals surface area contributed by atoms with Crippen LogP contribution in [0.2, 0.25) is 0 Å². The number of morpholine rings is 1. The molecule has 1 aromatic carbocycles. The minimum atomic E-state index is 0.640. The highest BCUT2D eigenvalue weighted by Gasteiger charge is 2.10. The Balaban J connectivity index is 1.62. The lowest BCUT2D eigenvalue weighted by molar-refractivity contribution is 0.0321. The molecule has 0 atom stereocenters. The van der Waals surface area contributed by atoms with Gasteiger partial charge in [0.1, 0.15) is 12.9 Å². The minimum Gasteiger partial charge on any atom is -0.476 e. The quantitative estimate of drug-likeness (QED) is 0.829. The van der Waals surface area contributed by atoms with Gasteiger partial charge in [0, 0.05) is 19.6 Å². The maximum Gasteiger partial charge on any atom is 0.224 e. The molecule has 0 bridgehead atoms. The molecule has 2 heterocycles. The molecule has 5 heteroatoms. The molecule has 1 aromatic heterocycles. The Labute approximate surface area is 112 Å². The fourth-order valence-corrected chi connectivity index (χ4v) is 2.19. The predicted octanol–water partition coefficient (Wildman–Crippen LogP) is 1.34. The molecule has 1 aliphatic heterocycles. The molecule has 0 aliphatic carbocycles. The van der Waals surface area contributed by atoms with Crippen molar-refractivity contribution in [3.63, 3.8) is 0 Å². The van der Waals surface area contributed by atoms with Gasteiger partial charge < -0.3 is 9.47 Å². The van der Waals surface area contributed by atoms with Crippen LogP contribution in [0.3, 0.4) is 0 Å². The molecule has 1 fully saturated rings. The van der Waals surface area contributed by atoms with Crippen molar-refractivity contribution >= 4 is 10.9 Å². The molecule has 0 amide bonds. The number of benzene rings is 1. The van der Waals surface area contributed by atoms with E-state index in [9.17, 15) is 0 Å². The van der Waals surface area contributed by atoms with Crippen LogP contribution in [0.25, 0.3) is 10.9 Å². The third kappa shape index (κ3) is 3.00. The fourth-order valence-electron chi connectivity index (χ4n) is 2.19. The zero-order valence-electron chi connectivity index (χ0n) is 10.8. The number of hydrogen-bond donors (Lipinski definition) is 0. The zero-order valence-corrected chi connectivity index (χ0v) is 10.8. The summed E-state index contributed by atoms with van der Waals surface area (Å²) in [5, 5.41) is 0.965. The Hall–Kier alpha value is -1.72. The van der Waals surface area contributed by atoms with Crippen molar-refractivity contribution < 1.29 is 9.47 Å². The zero-order chi connectivity index (χ0) is 12.9. The Kier molecular flexibility index (Phi) is 3.86. The van der Waals surface area contributed by atoms with Gasteiger partial charge in [-0.2, -0.15) is 0 Å². The summed E-state index contributed by atoms with van der Waals surface area (Å²) in [4.78, 5) is 10.8. The molecule has 1 saturated heterocycles. The molecule has 3 rings (SSSR count). The molecule has 1 aliphatic rings. The Bertz CT molecular complexity index is 536. The third-order valence-corrected chi connectivity index (χ3v) is 3.26. The summed E-state index contributed by atoms with van der Waals surface area (Å²) in [5.74, 6) is 0.666. The number of fused-ring (bicyclic) bond motifs is 1. The van der Waals surface area contributed by atoms with Crippen molar-refractivity contribution in [2.24, 2.45) is 0 Å². The van der Waals surface area contributed by atoms with Crippen LogP contribution in [0, 0.1) is 0 Å². The van der Waals surface area contributed by atoms with Gasteiger partial charge >= 0.3 is 0 Å². The lowest BCUT2D eigenvalue weighted by atomic mass is 10.2. The molecule has 0 unspecified atom stereocenters. The smallest absolute Gasteiger partial charge is 0.224 e. The normalized spacial score (nSPS) is 16.6. The molecule has 0 radical (unpaired) electrons. The Morgan fingerprint density at radius 1 is 1.16 bits per heavy atom. The standard InChI is InChI=1S/C14H17N3O2/c1-2-4-13-12(3-1)14(16-11-15-13)19-10-7-17-5-8-18-9-6-17/h1-4,11H,5-10H2. The lowest BCUT2D eigenvalue weighted by Gasteiger charge is -2.26. The summed E-state index contributed by atoms with van der Waals surface area (Å²) in [6.45, 7) is 5.14. The lowest BCUT2D eigenvalue weighted by Crippen LogP contribution is -2.38. The first-order valence-corrected chi connectivity index (χ1v) is 6.56. The van der Waals surface area contributed by atoms with E-state index in [1.54, 1.807) is 6.33 Å². The second-order valence-corrected chi connectivity index (χ2v) is 4.50. The van der Waals surface area contributed by atoms with Crippen LogP contribution in [0.15, 0.2) is 30.6 Å². The third-order valence-electron chi connectivity index (χ3n) is 3.26. The Morgan fingerprint density at radius 2 is 2.00 bits per heavy atom. The van der Waals surface area contributed by atoms with Gasteiger partial charge in [0.2, 0.25) is 5.88 Å². The van der Waals surface area contributed by atoms with Crippen molar-refractivity contribution in [2.75, 3.05) is 39.5 Å². The van der Waals surface area contributed by atoms with E-state index in [1.165, 1.54) is 0 Å². The number of para-hydroxylation sites is 1. The average molecular weight is 259 g/mol. The first-order chi connectivity index (χ1) is 9.43. The van der Waals surface area contributed by atoms with Crippen LogP contribution in [-0.2, 0) is 4.74 Å². The van der Waals surface area contributed by atoms with Gasteiger partial charge in [-0.25, -0.2) is 9.97 Å². The van der Waals surface area contributed by atoms with E-state index < -0.39 is 0 Å². The second kappa shape index (κ2) is 5.95. The van der Waals surface area contributed by atoms with Gasteiger partial charge in [0.05, 0.1) is 24.1 Å². The maximum atomic E-state index is 5.79. The molecular formula is C14H17N3O2. The number of nitrogens with zero attached hydrogens (tertiary/aromatic N) is 3. The SMILES string of the molecule is c1ccc2c(OCCN3CCOCC3)ncnc2c1. The highest BCUT2D eigenvalue weighted by molar-refractivity contribution is 5.82. The molecule has 0 spiro atoms. The number of hydrogen-bond acceptors (Lipinski definition) is 5. The van der Waals surface area contributed by atoms with Crippen molar-refractivity contribution in [3.05, 3.63) is 30.6 Å². The van der Waals surface area contributed by atoms with E-state index in [2.05, 4.69) is 14.9 Å². The summed E-state index contributed by atoms with van der Waals surface area (Å²) in [6.07, 6.45) is 1.55. The maximum absolute atomic E-state index is 5.79. The van der Waals surface area contributed by atoms with Gasteiger partial charge in [-0.1, -0.05) is 12.1 Å². The second-order valence-electron chi connectivity index (χ2n) is 4.50. The summed E-state index contributed by atoms with van der Waals surface area (Å²) in [6, 6.07) is 7.89. The number of aromatic nitrogens is 2. The van der Waals surface area contributed by atoms with E-state index in [-0.39, 0.29) is 0 Å². The molecule has 5 nitrogen and oxygen atoms in total. The summed E-state index contributed by atoms with van der Waals surface area (Å²) in [7, 11) is 0. The van der Waals surface area contributed by atoms with Crippen LogP contribution < -0.4 is 4.74 Å².